The third-order valence-corrected chi connectivity index (χ3v) is 5.65. The molecule has 2 heterocycles. The topological polar surface area (TPSA) is 80.2 Å². The summed E-state index contributed by atoms with van der Waals surface area (Å²) in [5, 5.41) is 9.19. The van der Waals surface area contributed by atoms with Gasteiger partial charge in [-0.25, -0.2) is 14.8 Å². The van der Waals surface area contributed by atoms with Crippen molar-refractivity contribution in [1.82, 2.24) is 9.97 Å². The Bertz CT molecular complexity index is 1480. The monoisotopic (exact) mass is 672 g/mol. The van der Waals surface area contributed by atoms with Crippen LogP contribution in [0.25, 0.3) is 38.9 Å². The first-order valence-electron chi connectivity index (χ1n) is 9.05. The van der Waals surface area contributed by atoms with E-state index in [-0.39, 0.29) is 30.6 Å². The molecule has 0 aliphatic heterocycles. The Labute approximate surface area is 212 Å². The fourth-order valence-corrected chi connectivity index (χ4v) is 4.15. The number of aryl methyl sites for hydroxylation is 1. The van der Waals surface area contributed by atoms with Crippen LogP contribution in [-0.2, 0) is 6.18 Å². The van der Waals surface area contributed by atoms with Gasteiger partial charge in [-0.2, -0.15) is 18.4 Å². The molecule has 164 valence electrons. The largest absolute Gasteiger partial charge is 0.428 e. The Kier molecular flexibility index (Phi) is 6.20. The Balaban J connectivity index is 1.92. The van der Waals surface area contributed by atoms with E-state index in [4.69, 9.17) is 15.4 Å². The molecule has 4 rings (SSSR count). The first-order chi connectivity index (χ1) is 15.6. The van der Waals surface area contributed by atoms with Crippen molar-refractivity contribution in [2.75, 3.05) is 0 Å². The van der Waals surface area contributed by atoms with Gasteiger partial charge in [0.2, 0.25) is 11.5 Å². The van der Waals surface area contributed by atoms with Crippen LogP contribution in [0.1, 0.15) is 16.7 Å². The zero-order valence-corrected chi connectivity index (χ0v) is 20.8. The molecule has 0 saturated carbocycles. The first kappa shape index (κ1) is 23.3. The highest BCUT2D eigenvalue weighted by Gasteiger charge is 2.34. The summed E-state index contributed by atoms with van der Waals surface area (Å²) in [7, 11) is 0. The molecule has 0 radical (unpaired) electrons. The van der Waals surface area contributed by atoms with Gasteiger partial charge in [-0.1, -0.05) is 24.3 Å². The molecule has 0 aliphatic rings. The molecule has 0 unspecified atom stereocenters. The lowest BCUT2D eigenvalue weighted by atomic mass is 10.0. The van der Waals surface area contributed by atoms with Crippen molar-refractivity contribution in [3.63, 3.8) is 0 Å². The number of nitriles is 1. The van der Waals surface area contributed by atoms with Crippen LogP contribution < -0.4 is 0 Å². The lowest BCUT2D eigenvalue weighted by molar-refractivity contribution is -0.136. The van der Waals surface area contributed by atoms with E-state index in [1.54, 1.807) is 25.1 Å². The highest BCUT2D eigenvalue weighted by molar-refractivity contribution is 14.1. The Morgan fingerprint density at radius 3 is 2.00 bits per heavy atom. The normalized spacial score (nSPS) is 11.3. The molecule has 11 heteroatoms. The average molecular weight is 672 g/mol. The number of oxazole rings is 2. The standard InChI is InChI=1S/C22H9F3I2N4O2/c1-10-7-11(3-4-13(10)9-28)16-18(32-20(26)30-16)19-17(31-21(27)33-19)12-5-6-15(29-2)14(8-12)22(23,24)25/h3-8H,1H3. The van der Waals surface area contributed by atoms with E-state index >= 15 is 0 Å². The van der Waals surface area contributed by atoms with Crippen LogP contribution in [0.2, 0.25) is 0 Å². The van der Waals surface area contributed by atoms with Gasteiger partial charge in [0.15, 0.2) is 5.69 Å². The molecule has 0 spiro atoms. The van der Waals surface area contributed by atoms with Gasteiger partial charge in [-0.15, -0.1) is 0 Å². The molecule has 0 N–H and O–H groups in total. The molecule has 0 aliphatic carbocycles. The van der Waals surface area contributed by atoms with E-state index in [0.717, 1.165) is 17.7 Å². The molecule has 4 aromatic rings. The predicted octanol–water partition coefficient (Wildman–Crippen LogP) is 7.62. The van der Waals surface area contributed by atoms with Gasteiger partial charge < -0.3 is 8.83 Å². The summed E-state index contributed by atoms with van der Waals surface area (Å²) in [6.07, 6.45) is -4.71. The van der Waals surface area contributed by atoms with Crippen molar-refractivity contribution in [1.29, 1.82) is 5.26 Å². The van der Waals surface area contributed by atoms with E-state index in [1.165, 1.54) is 6.07 Å². The number of halogens is 5. The van der Waals surface area contributed by atoms with Crippen molar-refractivity contribution >= 4 is 50.9 Å². The SMILES string of the molecule is [C-]#[N+]c1ccc(-c2nc(I)oc2-c2oc(I)nc2-c2ccc(C#N)c(C)c2)cc1C(F)(F)F. The second-order valence-electron chi connectivity index (χ2n) is 6.77. The van der Waals surface area contributed by atoms with Crippen molar-refractivity contribution in [2.45, 2.75) is 13.1 Å². The minimum Gasteiger partial charge on any atom is -0.428 e. The van der Waals surface area contributed by atoms with Gasteiger partial charge in [0.1, 0.15) is 11.4 Å². The molecule has 0 bridgehead atoms. The van der Waals surface area contributed by atoms with Gasteiger partial charge in [-0.05, 0) is 24.6 Å². The molecule has 0 amide bonds. The third kappa shape index (κ3) is 4.47. The Morgan fingerprint density at radius 2 is 1.52 bits per heavy atom. The van der Waals surface area contributed by atoms with E-state index in [1.807, 2.05) is 45.2 Å². The van der Waals surface area contributed by atoms with Gasteiger partial charge in [-0.3, -0.25) is 0 Å². The molecule has 0 saturated heterocycles. The zero-order valence-electron chi connectivity index (χ0n) is 16.5. The summed E-state index contributed by atoms with van der Waals surface area (Å²) in [5.41, 5.74) is 0.955. The summed E-state index contributed by atoms with van der Waals surface area (Å²) in [5.74, 6) is 0.298. The van der Waals surface area contributed by atoms with E-state index in [2.05, 4.69) is 20.9 Å². The zero-order chi connectivity index (χ0) is 23.9. The number of hydrogen-bond donors (Lipinski definition) is 0. The maximum absolute atomic E-state index is 13.5. The summed E-state index contributed by atoms with van der Waals surface area (Å²) in [6, 6.07) is 10.6. The second kappa shape index (κ2) is 8.79. The van der Waals surface area contributed by atoms with Gasteiger partial charge in [0.05, 0.1) is 23.8 Å². The number of alkyl halides is 3. The van der Waals surface area contributed by atoms with Crippen LogP contribution >= 0.6 is 45.2 Å². The quantitative estimate of drug-likeness (QED) is 0.165. The lowest BCUT2D eigenvalue weighted by Gasteiger charge is -2.10. The van der Waals surface area contributed by atoms with Crippen LogP contribution in [-0.4, -0.2) is 9.97 Å². The van der Waals surface area contributed by atoms with E-state index in [0.29, 0.717) is 16.8 Å². The lowest BCUT2D eigenvalue weighted by Crippen LogP contribution is -2.05. The van der Waals surface area contributed by atoms with Crippen LogP contribution in [0, 0.1) is 32.6 Å². The Hall–Kier alpha value is -2.91. The van der Waals surface area contributed by atoms with Crippen LogP contribution in [0.5, 0.6) is 0 Å². The maximum atomic E-state index is 13.5. The fourth-order valence-electron chi connectivity index (χ4n) is 3.23. The minimum absolute atomic E-state index is 0.107. The molecular formula is C22H9F3I2N4O2. The second-order valence-corrected chi connectivity index (χ2v) is 8.62. The van der Waals surface area contributed by atoms with Crippen LogP contribution in [0.3, 0.4) is 0 Å². The Morgan fingerprint density at radius 1 is 0.970 bits per heavy atom. The van der Waals surface area contributed by atoms with Gasteiger partial charge >= 0.3 is 6.18 Å². The van der Waals surface area contributed by atoms with Crippen molar-refractivity contribution in [3.8, 4) is 40.1 Å². The highest BCUT2D eigenvalue weighted by Crippen LogP contribution is 2.43. The van der Waals surface area contributed by atoms with Crippen molar-refractivity contribution in [3.05, 3.63) is 72.3 Å². The first-order valence-corrected chi connectivity index (χ1v) is 11.2. The minimum atomic E-state index is -4.71. The molecular weight excluding hydrogens is 663 g/mol. The average Bonchev–Trinajstić information content (AvgIpc) is 3.35. The van der Waals surface area contributed by atoms with Gasteiger partial charge in [0.25, 0.3) is 7.79 Å². The van der Waals surface area contributed by atoms with Crippen molar-refractivity contribution < 1.29 is 22.0 Å². The summed E-state index contributed by atoms with van der Waals surface area (Å²) >= 11 is 3.70. The number of hydrogen-bond acceptors (Lipinski definition) is 5. The third-order valence-electron chi connectivity index (χ3n) is 4.72. The number of aromatic nitrogens is 2. The number of benzene rings is 2. The summed E-state index contributed by atoms with van der Waals surface area (Å²) < 4.78 is 52.5. The highest BCUT2D eigenvalue weighted by atomic mass is 127. The molecule has 2 aromatic carbocycles. The smallest absolute Gasteiger partial charge is 0.407 e. The molecule has 0 atom stereocenters. The summed E-state index contributed by atoms with van der Waals surface area (Å²) in [4.78, 5) is 11.6. The molecule has 33 heavy (non-hydrogen) atoms. The van der Waals surface area contributed by atoms with Crippen molar-refractivity contribution in [2.24, 2.45) is 0 Å². The van der Waals surface area contributed by atoms with E-state index < -0.39 is 17.4 Å². The molecule has 0 fully saturated rings. The molecule has 2 aromatic heterocycles. The predicted molar refractivity (Wildman–Crippen MR) is 129 cm³/mol. The summed E-state index contributed by atoms with van der Waals surface area (Å²) in [6.45, 7) is 8.82. The van der Waals surface area contributed by atoms with Crippen LogP contribution in [0.4, 0.5) is 18.9 Å². The number of rotatable bonds is 3. The number of nitrogens with zero attached hydrogens (tertiary/aromatic N) is 4. The van der Waals surface area contributed by atoms with Crippen LogP contribution in [0.15, 0.2) is 45.2 Å². The van der Waals surface area contributed by atoms with Gasteiger partial charge in [0, 0.05) is 56.3 Å². The van der Waals surface area contributed by atoms with E-state index in [9.17, 15) is 18.4 Å². The fraction of sp³-hybridized carbons (Fsp3) is 0.0909. The molecule has 6 nitrogen and oxygen atoms in total. The maximum Gasteiger partial charge on any atom is 0.407 e.